The third kappa shape index (κ3) is 7.27. The minimum absolute atomic E-state index is 0. The van der Waals surface area contributed by atoms with Crippen molar-refractivity contribution in [1.82, 2.24) is 10.6 Å². The van der Waals surface area contributed by atoms with Gasteiger partial charge in [-0.1, -0.05) is 12.1 Å². The number of benzene rings is 1. The first-order valence-corrected chi connectivity index (χ1v) is 7.98. The number of hydrogen-bond acceptors (Lipinski definition) is 4. The Balaban J connectivity index is 0.00000242. The third-order valence-corrected chi connectivity index (χ3v) is 4.19. The zero-order valence-electron chi connectivity index (χ0n) is 13.1. The predicted molar refractivity (Wildman–Crippen MR) is 102 cm³/mol. The molecule has 0 spiro atoms. The summed E-state index contributed by atoms with van der Waals surface area (Å²) in [5.41, 5.74) is 1.19. The lowest BCUT2D eigenvalue weighted by molar-refractivity contribution is -0.120. The zero-order chi connectivity index (χ0) is 15.1. The van der Waals surface area contributed by atoms with Gasteiger partial charge in [0.1, 0.15) is 0 Å². The Morgan fingerprint density at radius 1 is 1.39 bits per heavy atom. The number of methoxy groups -OCH3 is 1. The fourth-order valence-corrected chi connectivity index (χ4v) is 3.00. The van der Waals surface area contributed by atoms with Crippen LogP contribution in [0.3, 0.4) is 0 Å². The molecule has 2 N–H and O–H groups in total. The summed E-state index contributed by atoms with van der Waals surface area (Å²) in [6, 6.07) is 8.40. The molecule has 1 amide bonds. The van der Waals surface area contributed by atoms with Crippen LogP contribution in [0.5, 0.6) is 0 Å². The van der Waals surface area contributed by atoms with E-state index in [-0.39, 0.29) is 36.8 Å². The van der Waals surface area contributed by atoms with E-state index < -0.39 is 0 Å². The van der Waals surface area contributed by atoms with Crippen molar-refractivity contribution in [2.24, 2.45) is 0 Å². The van der Waals surface area contributed by atoms with Crippen molar-refractivity contribution in [3.05, 3.63) is 28.7 Å². The van der Waals surface area contributed by atoms with Crippen molar-refractivity contribution in [2.75, 3.05) is 44.8 Å². The van der Waals surface area contributed by atoms with E-state index in [1.165, 1.54) is 5.69 Å². The monoisotopic (exact) mass is 427 g/mol. The summed E-state index contributed by atoms with van der Waals surface area (Å²) in [4.78, 5) is 14.1. The molecule has 1 atom stereocenters. The molecule has 1 aliphatic rings. The Morgan fingerprint density at radius 3 is 2.83 bits per heavy atom. The molecule has 8 heteroatoms. The standard InChI is InChI=1S/C15H22BrN3O2.2ClH/c1-21-9-7-17-10-15(20)18-12-6-8-19(11-12)14-5-3-2-4-13(14)16;;/h2-5,12,17H,6-11H2,1H3,(H,18,20);2*1H. The SMILES string of the molecule is COCCNCC(=O)NC1CCN(c2ccccc2Br)C1.Cl.Cl. The summed E-state index contributed by atoms with van der Waals surface area (Å²) in [5.74, 6) is 0.0464. The van der Waals surface area contributed by atoms with Crippen molar-refractivity contribution in [1.29, 1.82) is 0 Å². The van der Waals surface area contributed by atoms with Gasteiger partial charge in [-0.3, -0.25) is 4.79 Å². The van der Waals surface area contributed by atoms with Gasteiger partial charge in [0, 0.05) is 37.3 Å². The minimum Gasteiger partial charge on any atom is -0.383 e. The van der Waals surface area contributed by atoms with Crippen molar-refractivity contribution < 1.29 is 9.53 Å². The van der Waals surface area contributed by atoms with Crippen LogP contribution in [-0.2, 0) is 9.53 Å². The highest BCUT2D eigenvalue weighted by Crippen LogP contribution is 2.28. The fourth-order valence-electron chi connectivity index (χ4n) is 2.46. The van der Waals surface area contributed by atoms with Gasteiger partial charge >= 0.3 is 0 Å². The molecule has 1 heterocycles. The van der Waals surface area contributed by atoms with E-state index in [1.54, 1.807) is 7.11 Å². The molecular formula is C15H24BrCl2N3O2. The topological polar surface area (TPSA) is 53.6 Å². The minimum atomic E-state index is 0. The highest BCUT2D eigenvalue weighted by molar-refractivity contribution is 9.10. The first-order chi connectivity index (χ1) is 10.2. The maximum Gasteiger partial charge on any atom is 0.234 e. The van der Waals surface area contributed by atoms with Gasteiger partial charge in [-0.15, -0.1) is 24.8 Å². The largest absolute Gasteiger partial charge is 0.383 e. The van der Waals surface area contributed by atoms with Gasteiger partial charge in [0.2, 0.25) is 5.91 Å². The maximum atomic E-state index is 11.8. The Morgan fingerprint density at radius 2 is 2.13 bits per heavy atom. The highest BCUT2D eigenvalue weighted by atomic mass is 79.9. The van der Waals surface area contributed by atoms with Crippen LogP contribution < -0.4 is 15.5 Å². The first-order valence-electron chi connectivity index (χ1n) is 7.19. The van der Waals surface area contributed by atoms with E-state index in [0.717, 1.165) is 24.0 Å². The number of hydrogen-bond donors (Lipinski definition) is 2. The van der Waals surface area contributed by atoms with E-state index in [1.807, 2.05) is 18.2 Å². The van der Waals surface area contributed by atoms with E-state index in [4.69, 9.17) is 4.74 Å². The molecule has 1 fully saturated rings. The second-order valence-electron chi connectivity index (χ2n) is 5.12. The van der Waals surface area contributed by atoms with E-state index >= 15 is 0 Å². The lowest BCUT2D eigenvalue weighted by Crippen LogP contribution is -2.42. The van der Waals surface area contributed by atoms with Crippen molar-refractivity contribution in [3.8, 4) is 0 Å². The second-order valence-corrected chi connectivity index (χ2v) is 5.97. The van der Waals surface area contributed by atoms with E-state index in [9.17, 15) is 4.79 Å². The van der Waals surface area contributed by atoms with Crippen LogP contribution in [0, 0.1) is 0 Å². The Labute approximate surface area is 158 Å². The number of rotatable bonds is 7. The van der Waals surface area contributed by atoms with Gasteiger partial charge in [0.05, 0.1) is 18.8 Å². The average Bonchev–Trinajstić information content (AvgIpc) is 2.92. The van der Waals surface area contributed by atoms with Crippen LogP contribution in [0.15, 0.2) is 28.7 Å². The van der Waals surface area contributed by atoms with Gasteiger partial charge in [0.25, 0.3) is 0 Å². The molecule has 0 radical (unpaired) electrons. The lowest BCUT2D eigenvalue weighted by Gasteiger charge is -2.20. The van der Waals surface area contributed by atoms with Gasteiger partial charge in [-0.2, -0.15) is 0 Å². The van der Waals surface area contributed by atoms with Crippen LogP contribution in [0.4, 0.5) is 5.69 Å². The number of amides is 1. The maximum absolute atomic E-state index is 11.8. The fraction of sp³-hybridized carbons (Fsp3) is 0.533. The molecule has 5 nitrogen and oxygen atoms in total. The molecule has 23 heavy (non-hydrogen) atoms. The lowest BCUT2D eigenvalue weighted by atomic mass is 10.2. The molecule has 2 rings (SSSR count). The number of carbonyl (C=O) groups is 1. The molecule has 1 aliphatic heterocycles. The van der Waals surface area contributed by atoms with Gasteiger partial charge < -0.3 is 20.3 Å². The molecule has 0 aliphatic carbocycles. The average molecular weight is 429 g/mol. The number of halogens is 3. The summed E-state index contributed by atoms with van der Waals surface area (Å²) < 4.78 is 6.02. The zero-order valence-corrected chi connectivity index (χ0v) is 16.3. The summed E-state index contributed by atoms with van der Waals surface area (Å²) in [7, 11) is 1.65. The van der Waals surface area contributed by atoms with Gasteiger partial charge in [0.15, 0.2) is 0 Å². The Hall–Kier alpha value is -0.530. The Bertz CT molecular complexity index is 480. The van der Waals surface area contributed by atoms with Crippen LogP contribution in [0.2, 0.25) is 0 Å². The van der Waals surface area contributed by atoms with Gasteiger partial charge in [-0.25, -0.2) is 0 Å². The number of carbonyl (C=O) groups excluding carboxylic acids is 1. The molecule has 1 saturated heterocycles. The molecule has 0 bridgehead atoms. The smallest absolute Gasteiger partial charge is 0.234 e. The summed E-state index contributed by atoms with van der Waals surface area (Å²) in [6.45, 7) is 3.47. The highest BCUT2D eigenvalue weighted by Gasteiger charge is 2.24. The number of ether oxygens (including phenoxy) is 1. The molecule has 132 valence electrons. The van der Waals surface area contributed by atoms with E-state index in [0.29, 0.717) is 19.7 Å². The number of para-hydroxylation sites is 1. The summed E-state index contributed by atoms with van der Waals surface area (Å²) >= 11 is 3.58. The van der Waals surface area contributed by atoms with Crippen LogP contribution in [0.25, 0.3) is 0 Å². The first kappa shape index (κ1) is 22.5. The molecular weight excluding hydrogens is 405 g/mol. The van der Waals surface area contributed by atoms with E-state index in [2.05, 4.69) is 37.5 Å². The molecule has 1 unspecified atom stereocenters. The number of nitrogens with one attached hydrogen (secondary N) is 2. The third-order valence-electron chi connectivity index (χ3n) is 3.52. The molecule has 0 saturated carbocycles. The molecule has 1 aromatic rings. The quantitative estimate of drug-likeness (QED) is 0.654. The summed E-state index contributed by atoms with van der Waals surface area (Å²) in [6.07, 6.45) is 0.977. The normalized spacial score (nSPS) is 16.4. The Kier molecular flexibility index (Phi) is 11.6. The summed E-state index contributed by atoms with van der Waals surface area (Å²) in [5, 5.41) is 6.13. The predicted octanol–water partition coefficient (Wildman–Crippen LogP) is 2.22. The van der Waals surface area contributed by atoms with Crippen LogP contribution in [-0.4, -0.2) is 51.8 Å². The number of anilines is 1. The van der Waals surface area contributed by atoms with Crippen molar-refractivity contribution in [3.63, 3.8) is 0 Å². The van der Waals surface area contributed by atoms with Gasteiger partial charge in [-0.05, 0) is 34.5 Å². The van der Waals surface area contributed by atoms with Crippen LogP contribution >= 0.6 is 40.7 Å². The number of nitrogens with zero attached hydrogens (tertiary/aromatic N) is 1. The van der Waals surface area contributed by atoms with Crippen LogP contribution in [0.1, 0.15) is 6.42 Å². The van der Waals surface area contributed by atoms with Crippen molar-refractivity contribution in [2.45, 2.75) is 12.5 Å². The molecule has 1 aromatic carbocycles. The molecule has 0 aromatic heterocycles. The van der Waals surface area contributed by atoms with Crippen molar-refractivity contribution >= 4 is 52.3 Å². The second kappa shape index (κ2) is 11.9.